The number of hydrogen-bond donors (Lipinski definition) is 2. The van der Waals surface area contributed by atoms with Gasteiger partial charge in [-0.05, 0) is 39.8 Å². The number of methoxy groups -OCH3 is 1. The Balaban J connectivity index is 2.82. The highest BCUT2D eigenvalue weighted by molar-refractivity contribution is 6.58. The molecule has 0 aliphatic rings. The molecule has 1 rings (SSSR count). The van der Waals surface area contributed by atoms with Gasteiger partial charge >= 0.3 is 13.1 Å². The number of hydrogen-bond acceptors (Lipinski definition) is 6. The minimum absolute atomic E-state index is 0.0267. The first kappa shape index (κ1) is 15.8. The molecule has 0 bridgehead atoms. The Labute approximate surface area is 112 Å². The predicted octanol–water partition coefficient (Wildman–Crippen LogP) is 0.320. The average Bonchev–Trinajstić information content (AvgIpc) is 2.75. The molecule has 106 valence electrons. The van der Waals surface area contributed by atoms with Crippen molar-refractivity contribution in [3.63, 3.8) is 0 Å². The number of furan rings is 1. The molecule has 0 spiro atoms. The van der Waals surface area contributed by atoms with Gasteiger partial charge in [-0.15, -0.1) is 0 Å². The van der Waals surface area contributed by atoms with Crippen molar-refractivity contribution in [1.29, 1.82) is 0 Å². The summed E-state index contributed by atoms with van der Waals surface area (Å²) in [4.78, 5) is 11.2. The van der Waals surface area contributed by atoms with Gasteiger partial charge in [-0.1, -0.05) is 0 Å². The molecule has 0 unspecified atom stereocenters. The number of carbonyl (C=O) groups is 1. The molecule has 19 heavy (non-hydrogen) atoms. The van der Waals surface area contributed by atoms with Crippen LogP contribution in [-0.4, -0.2) is 41.5 Å². The maximum atomic E-state index is 11.2. The molecule has 0 saturated heterocycles. The zero-order valence-electron chi connectivity index (χ0n) is 11.8. The molecule has 7 heteroatoms. The Morgan fingerprint density at radius 2 is 1.89 bits per heavy atom. The normalized spacial score (nSPS) is 12.4. The van der Waals surface area contributed by atoms with E-state index in [0.29, 0.717) is 0 Å². The van der Waals surface area contributed by atoms with Crippen LogP contribution in [0.25, 0.3) is 0 Å². The lowest BCUT2D eigenvalue weighted by atomic mass is 9.81. The molecule has 2 N–H and O–H groups in total. The van der Waals surface area contributed by atoms with E-state index in [1.165, 1.54) is 19.2 Å². The lowest BCUT2D eigenvalue weighted by Crippen LogP contribution is -2.52. The monoisotopic (exact) mass is 270 g/mol. The second-order valence-corrected chi connectivity index (χ2v) is 5.23. The highest BCUT2D eigenvalue weighted by atomic mass is 16.6. The summed E-state index contributed by atoms with van der Waals surface area (Å²) in [6.45, 7) is 6.42. The van der Waals surface area contributed by atoms with Crippen LogP contribution in [0, 0.1) is 0 Å². The summed E-state index contributed by atoms with van der Waals surface area (Å²) in [6, 6.07) is 2.79. The van der Waals surface area contributed by atoms with Gasteiger partial charge in [0.1, 0.15) is 5.66 Å². The standard InChI is InChI=1S/C12H19BO6/c1-11(2,15)12(3,4)19-13(16)9-7-6-8(18-9)10(14)17-5/h6-7,15-16H,1-5H3. The van der Waals surface area contributed by atoms with Gasteiger partial charge in [0, 0.05) is 0 Å². The third-order valence-electron chi connectivity index (χ3n) is 3.14. The van der Waals surface area contributed by atoms with Crippen LogP contribution in [0.4, 0.5) is 0 Å². The number of ether oxygens (including phenoxy) is 1. The van der Waals surface area contributed by atoms with Crippen molar-refractivity contribution in [2.75, 3.05) is 7.11 Å². The number of rotatable bonds is 5. The lowest BCUT2D eigenvalue weighted by Gasteiger charge is -2.38. The molecule has 0 aliphatic heterocycles. The van der Waals surface area contributed by atoms with Gasteiger partial charge in [0.25, 0.3) is 0 Å². The van der Waals surface area contributed by atoms with Crippen molar-refractivity contribution in [3.8, 4) is 0 Å². The molecule has 0 saturated carbocycles. The maximum absolute atomic E-state index is 11.2. The number of aliphatic hydroxyl groups is 1. The van der Waals surface area contributed by atoms with Crippen molar-refractivity contribution in [2.24, 2.45) is 0 Å². The maximum Gasteiger partial charge on any atom is 0.529 e. The first-order chi connectivity index (χ1) is 8.58. The van der Waals surface area contributed by atoms with Crippen LogP contribution in [0.5, 0.6) is 0 Å². The molecule has 1 aromatic heterocycles. The fourth-order valence-corrected chi connectivity index (χ4v) is 1.18. The van der Waals surface area contributed by atoms with E-state index in [1.54, 1.807) is 27.7 Å². The SMILES string of the molecule is COC(=O)c1ccc(B(O)OC(C)(C)C(C)(C)O)o1. The molecule has 0 aromatic carbocycles. The van der Waals surface area contributed by atoms with E-state index in [4.69, 9.17) is 9.07 Å². The van der Waals surface area contributed by atoms with Gasteiger partial charge in [-0.3, -0.25) is 0 Å². The van der Waals surface area contributed by atoms with Crippen LogP contribution in [-0.2, 0) is 9.39 Å². The van der Waals surface area contributed by atoms with Crippen molar-refractivity contribution in [3.05, 3.63) is 17.9 Å². The molecule has 1 aromatic rings. The molecule has 6 nitrogen and oxygen atoms in total. The van der Waals surface area contributed by atoms with Gasteiger partial charge in [0.15, 0.2) is 0 Å². The molecule has 0 atom stereocenters. The van der Waals surface area contributed by atoms with Gasteiger partial charge in [-0.2, -0.15) is 0 Å². The minimum atomic E-state index is -1.39. The molecule has 0 aliphatic carbocycles. The van der Waals surface area contributed by atoms with Crippen molar-refractivity contribution in [1.82, 2.24) is 0 Å². The summed E-state index contributed by atoms with van der Waals surface area (Å²) >= 11 is 0. The van der Waals surface area contributed by atoms with Crippen LogP contribution in [0.3, 0.4) is 0 Å². The number of esters is 1. The van der Waals surface area contributed by atoms with Crippen LogP contribution < -0.4 is 5.66 Å². The third kappa shape index (κ3) is 3.59. The summed E-state index contributed by atoms with van der Waals surface area (Å²) < 4.78 is 15.0. The lowest BCUT2D eigenvalue weighted by molar-refractivity contribution is -0.0986. The highest BCUT2D eigenvalue weighted by Crippen LogP contribution is 2.25. The topological polar surface area (TPSA) is 89.1 Å². The van der Waals surface area contributed by atoms with Gasteiger partial charge in [-0.25, -0.2) is 4.79 Å². The van der Waals surface area contributed by atoms with Crippen LogP contribution in [0.15, 0.2) is 16.5 Å². The summed E-state index contributed by atoms with van der Waals surface area (Å²) in [5.74, 6) is -0.665. The van der Waals surface area contributed by atoms with Crippen LogP contribution in [0.2, 0.25) is 0 Å². The molecule has 0 radical (unpaired) electrons. The quantitative estimate of drug-likeness (QED) is 0.591. The Morgan fingerprint density at radius 1 is 1.32 bits per heavy atom. The first-order valence-corrected chi connectivity index (χ1v) is 5.85. The summed E-state index contributed by atoms with van der Waals surface area (Å²) in [5, 5.41) is 19.8. The van der Waals surface area contributed by atoms with E-state index >= 15 is 0 Å². The van der Waals surface area contributed by atoms with Crippen LogP contribution >= 0.6 is 0 Å². The second-order valence-electron chi connectivity index (χ2n) is 5.23. The smallest absolute Gasteiger partial charge is 0.463 e. The molecule has 0 amide bonds. The van der Waals surface area contributed by atoms with Crippen molar-refractivity contribution in [2.45, 2.75) is 38.9 Å². The molecular weight excluding hydrogens is 251 g/mol. The third-order valence-corrected chi connectivity index (χ3v) is 3.14. The molecule has 1 heterocycles. The fourth-order valence-electron chi connectivity index (χ4n) is 1.18. The molecular formula is C12H19BO6. The van der Waals surface area contributed by atoms with E-state index in [-0.39, 0.29) is 11.4 Å². The summed E-state index contributed by atoms with van der Waals surface area (Å²) in [5.41, 5.74) is -2.10. The van der Waals surface area contributed by atoms with E-state index in [0.717, 1.165) is 0 Å². The summed E-state index contributed by atoms with van der Waals surface area (Å²) in [6.07, 6.45) is 0. The van der Waals surface area contributed by atoms with E-state index in [9.17, 15) is 14.9 Å². The van der Waals surface area contributed by atoms with E-state index in [2.05, 4.69) is 4.74 Å². The Bertz CT molecular complexity index is 445. The largest absolute Gasteiger partial charge is 0.529 e. The van der Waals surface area contributed by atoms with Crippen molar-refractivity contribution < 1.29 is 28.7 Å². The molecule has 0 fully saturated rings. The Morgan fingerprint density at radius 3 is 2.37 bits per heavy atom. The van der Waals surface area contributed by atoms with Crippen molar-refractivity contribution >= 4 is 18.7 Å². The van der Waals surface area contributed by atoms with E-state index in [1.807, 2.05) is 0 Å². The van der Waals surface area contributed by atoms with Gasteiger partial charge < -0.3 is 23.9 Å². The van der Waals surface area contributed by atoms with Gasteiger partial charge in [0.2, 0.25) is 5.76 Å². The predicted molar refractivity (Wildman–Crippen MR) is 69.1 cm³/mol. The Hall–Kier alpha value is -1.31. The first-order valence-electron chi connectivity index (χ1n) is 5.85. The average molecular weight is 270 g/mol. The van der Waals surface area contributed by atoms with E-state index < -0.39 is 24.3 Å². The van der Waals surface area contributed by atoms with Crippen LogP contribution in [0.1, 0.15) is 38.2 Å². The minimum Gasteiger partial charge on any atom is -0.463 e. The zero-order chi connectivity index (χ0) is 14.8. The second kappa shape index (κ2) is 5.36. The fraction of sp³-hybridized carbons (Fsp3) is 0.583. The zero-order valence-corrected chi connectivity index (χ0v) is 11.8. The number of carbonyl (C=O) groups excluding carboxylic acids is 1. The highest BCUT2D eigenvalue weighted by Gasteiger charge is 2.40. The Kier molecular flexibility index (Phi) is 4.44. The summed E-state index contributed by atoms with van der Waals surface area (Å²) in [7, 11) is -0.158. The van der Waals surface area contributed by atoms with Gasteiger partial charge in [0.05, 0.1) is 18.3 Å².